The van der Waals surface area contributed by atoms with Gasteiger partial charge in [0.05, 0.1) is 89.3 Å². The number of rotatable bonds is 17. The monoisotopic (exact) mass is 1000 g/mol. The molecule has 0 amide bonds. The van der Waals surface area contributed by atoms with Crippen molar-refractivity contribution < 1.29 is 167 Å². The fraction of sp³-hybridized carbons (Fsp3) is 0.244. The topological polar surface area (TPSA) is 271 Å². The zero-order valence-electron chi connectivity index (χ0n) is 37.8. The van der Waals surface area contributed by atoms with E-state index < -0.39 is 0 Å². The van der Waals surface area contributed by atoms with Gasteiger partial charge in [-0.15, -0.1) is 24.0 Å². The number of aromatic nitrogens is 8. The van der Waals surface area contributed by atoms with E-state index in [-0.39, 0.29) is 159 Å². The molecule has 6 heterocycles. The summed E-state index contributed by atoms with van der Waals surface area (Å²) in [6.45, 7) is 0.883. The molecule has 0 aliphatic rings. The number of hydrogen-bond acceptors (Lipinski definition) is 19. The summed E-state index contributed by atoms with van der Waals surface area (Å²) in [4.78, 5) is 71.6. The Kier molecular flexibility index (Phi) is 32.8. The number of carbonyl (C=O) groups excluding carboxylic acids is 5. The van der Waals surface area contributed by atoms with Gasteiger partial charge in [-0.1, -0.05) is 12.1 Å². The van der Waals surface area contributed by atoms with Crippen molar-refractivity contribution in [1.29, 1.82) is 0 Å². The van der Waals surface area contributed by atoms with E-state index in [9.17, 15) is 19.2 Å². The summed E-state index contributed by atoms with van der Waals surface area (Å²) in [5, 5.41) is 26.3. The maximum Gasteiger partial charge on any atom is 1.00 e. The van der Waals surface area contributed by atoms with Crippen LogP contribution >= 0.6 is 24.0 Å². The molecule has 1 N–H and O–H groups in total. The standard InChI is InChI=1S/C20H20N4O5.C13H14ClN3O2.C7H7NO3.CH2O3.ClH.2K.H/c1-27-18-10-15(12-25)17(11-22-18)29-13-14-4-3-7-21-20(14)16-5-8-24(23-16)9-6-19(26)28-2;1-19-12(18)5-8-17-7-4-11(16-17)13-10(9-14)3-2-6-15-13;1-11-7-2-5(4-9)6(10)3-8-7;2-1-4-3;;;;/h3-5,7-8,10-12H,6,9,13H2,1-2H3;2-4,6-7H,5,8-9H2,1H3;2-4,10H,1H3;1,3H;1H;;;/q;;;;;2*+1;-1/p-1. The van der Waals surface area contributed by atoms with Gasteiger partial charge in [0.15, 0.2) is 12.6 Å². The molecule has 0 aromatic carbocycles. The number of methoxy groups -OCH3 is 4. The molecule has 0 atom stereocenters. The number of hydrogen-bond donors (Lipinski definition) is 1. The summed E-state index contributed by atoms with van der Waals surface area (Å²) < 4.78 is 28.1. The third kappa shape index (κ3) is 20.7. The van der Waals surface area contributed by atoms with Gasteiger partial charge in [-0.25, -0.2) is 9.97 Å². The van der Waals surface area contributed by atoms with Gasteiger partial charge in [0.1, 0.15) is 29.5 Å². The van der Waals surface area contributed by atoms with Gasteiger partial charge in [-0.05, 0) is 29.8 Å². The van der Waals surface area contributed by atoms with Gasteiger partial charge >= 0.3 is 115 Å². The normalized spacial score (nSPS) is 9.42. The average molecular weight is 1010 g/mol. The van der Waals surface area contributed by atoms with Gasteiger partial charge in [0.25, 0.3) is 6.47 Å². The van der Waals surface area contributed by atoms with Crippen molar-refractivity contribution in [2.75, 3.05) is 28.4 Å². The second-order valence-corrected chi connectivity index (χ2v) is 12.3. The quantitative estimate of drug-likeness (QED) is 0.0262. The van der Waals surface area contributed by atoms with Crippen molar-refractivity contribution >= 4 is 55.0 Å². The molecule has 25 heteroatoms. The number of aryl methyl sites for hydroxylation is 2. The molecule has 6 rings (SSSR count). The van der Waals surface area contributed by atoms with Crippen LogP contribution in [0.1, 0.15) is 46.1 Å². The molecule has 0 aliphatic heterocycles. The first-order valence-corrected chi connectivity index (χ1v) is 18.8. The molecule has 0 unspecified atom stereocenters. The molecule has 0 fully saturated rings. The number of esters is 2. The summed E-state index contributed by atoms with van der Waals surface area (Å²) in [7, 11) is 5.64. The van der Waals surface area contributed by atoms with Crippen molar-refractivity contribution in [1.82, 2.24) is 39.5 Å². The Labute approximate surface area is 476 Å². The fourth-order valence-electron chi connectivity index (χ4n) is 4.97. The minimum absolute atomic E-state index is 0. The molecule has 0 spiro atoms. The van der Waals surface area contributed by atoms with Crippen LogP contribution in [0.5, 0.6) is 23.3 Å². The first-order valence-electron chi connectivity index (χ1n) is 18.3. The van der Waals surface area contributed by atoms with Crippen LogP contribution in [0.3, 0.4) is 0 Å². The Morgan fingerprint density at radius 2 is 1.21 bits per heavy atom. The van der Waals surface area contributed by atoms with Gasteiger partial charge in [-0.2, -0.15) is 10.2 Å². The van der Waals surface area contributed by atoms with E-state index in [0.29, 0.717) is 72.4 Å². The summed E-state index contributed by atoms with van der Waals surface area (Å²) in [6, 6.07) is 14.0. The number of aldehydes is 2. The molecular formula is C41H44Cl2K2N8O13. The molecule has 0 saturated heterocycles. The third-order valence-corrected chi connectivity index (χ3v) is 8.38. The maximum absolute atomic E-state index is 11.3. The molecule has 342 valence electrons. The van der Waals surface area contributed by atoms with Crippen LogP contribution < -0.4 is 122 Å². The van der Waals surface area contributed by atoms with Crippen molar-refractivity contribution in [3.8, 4) is 46.0 Å². The summed E-state index contributed by atoms with van der Waals surface area (Å²) >= 11 is 5.87. The Hall–Kier alpha value is -4.22. The number of carbonyl (C=O) groups is 5. The SMILES string of the molecule is COC(=O)CCn1ccc(-c2ncccc2CCl)n1.COC(=O)CCn1ccc(-c2ncccc2COc2cnc(OC)cc2C=O)n1.COc1cc(C=O)c(O)cn1.Cl.O=CO[O-].[H-].[K+].[K+]. The van der Waals surface area contributed by atoms with E-state index in [1.54, 1.807) is 34.0 Å². The largest absolute Gasteiger partial charge is 1.00 e. The minimum Gasteiger partial charge on any atom is -1.00 e. The van der Waals surface area contributed by atoms with Crippen LogP contribution in [-0.2, 0) is 54.3 Å². The zero-order chi connectivity index (χ0) is 46.0. The number of halogens is 2. The van der Waals surface area contributed by atoms with E-state index in [2.05, 4.69) is 44.5 Å². The predicted octanol–water partition coefficient (Wildman–Crippen LogP) is -1.86. The molecule has 0 bridgehead atoms. The fourth-order valence-corrected chi connectivity index (χ4v) is 5.19. The average Bonchev–Trinajstić information content (AvgIpc) is 4.03. The van der Waals surface area contributed by atoms with E-state index in [1.807, 2.05) is 36.5 Å². The maximum atomic E-state index is 11.3. The van der Waals surface area contributed by atoms with Crippen molar-refractivity contribution in [3.63, 3.8) is 0 Å². The molecule has 0 aliphatic carbocycles. The van der Waals surface area contributed by atoms with Crippen molar-refractivity contribution in [3.05, 3.63) is 108 Å². The van der Waals surface area contributed by atoms with Crippen molar-refractivity contribution in [2.24, 2.45) is 0 Å². The molecule has 6 aromatic rings. The molecule has 6 aromatic heterocycles. The van der Waals surface area contributed by atoms with Crippen LogP contribution in [0.2, 0.25) is 0 Å². The number of alkyl halides is 1. The van der Waals surface area contributed by atoms with E-state index in [0.717, 1.165) is 22.5 Å². The zero-order valence-corrected chi connectivity index (χ0v) is 44.6. The first kappa shape index (κ1) is 61.8. The van der Waals surface area contributed by atoms with E-state index >= 15 is 0 Å². The number of pyridine rings is 4. The molecule has 21 nitrogen and oxygen atoms in total. The Morgan fingerprint density at radius 1 is 0.742 bits per heavy atom. The van der Waals surface area contributed by atoms with E-state index in [1.165, 1.54) is 53.0 Å². The molecular weight excluding hydrogens is 962 g/mol. The molecule has 66 heavy (non-hydrogen) atoms. The first-order chi connectivity index (χ1) is 30.6. The third-order valence-electron chi connectivity index (χ3n) is 8.09. The minimum atomic E-state index is -0.298. The number of ether oxygens (including phenoxy) is 5. The smallest absolute Gasteiger partial charge is 1.00 e. The second-order valence-electron chi connectivity index (χ2n) is 12.0. The Morgan fingerprint density at radius 3 is 1.67 bits per heavy atom. The van der Waals surface area contributed by atoms with Gasteiger partial charge < -0.3 is 40.4 Å². The van der Waals surface area contributed by atoms with Crippen LogP contribution in [0, 0.1) is 0 Å². The van der Waals surface area contributed by atoms with Crippen LogP contribution in [0.15, 0.2) is 85.7 Å². The summed E-state index contributed by atoms with van der Waals surface area (Å²) in [5.74, 6) is 0.686. The number of aromatic hydroxyl groups is 1. The Bertz CT molecular complexity index is 2420. The van der Waals surface area contributed by atoms with Crippen LogP contribution in [0.4, 0.5) is 0 Å². The second kappa shape index (κ2) is 35.0. The number of nitrogens with zero attached hydrogens (tertiary/aromatic N) is 8. The molecule has 0 saturated carbocycles. The molecule has 0 radical (unpaired) electrons. The van der Waals surface area contributed by atoms with E-state index in [4.69, 9.17) is 41.0 Å². The van der Waals surface area contributed by atoms with Gasteiger partial charge in [0.2, 0.25) is 11.8 Å². The Balaban J connectivity index is 0. The van der Waals surface area contributed by atoms with Crippen LogP contribution in [-0.4, -0.2) is 104 Å². The van der Waals surface area contributed by atoms with Gasteiger partial charge in [-0.3, -0.25) is 43.3 Å². The van der Waals surface area contributed by atoms with Crippen molar-refractivity contribution in [2.45, 2.75) is 38.4 Å². The van der Waals surface area contributed by atoms with Gasteiger partial charge in [0, 0.05) is 48.4 Å². The van der Waals surface area contributed by atoms with Crippen LogP contribution in [0.25, 0.3) is 22.8 Å². The summed E-state index contributed by atoms with van der Waals surface area (Å²) in [6.07, 6.45) is 11.3. The summed E-state index contributed by atoms with van der Waals surface area (Å²) in [5.41, 5.74) is 5.07. The predicted molar refractivity (Wildman–Crippen MR) is 228 cm³/mol.